The minimum Gasteiger partial charge on any atom is -0.396 e. The van der Waals surface area contributed by atoms with Crippen molar-refractivity contribution in [1.29, 1.82) is 0 Å². The minimum atomic E-state index is -0.268. The molecule has 0 bridgehead atoms. The fraction of sp³-hybridized carbons (Fsp3) is 0.923. The largest absolute Gasteiger partial charge is 0.396 e. The number of aliphatic hydroxyl groups is 1. The predicted octanol–water partition coefficient (Wildman–Crippen LogP) is 2.19. The topological polar surface area (TPSA) is 49.3 Å². The van der Waals surface area contributed by atoms with Crippen molar-refractivity contribution in [3.63, 3.8) is 0 Å². The molecule has 1 unspecified atom stereocenters. The molecule has 0 aliphatic heterocycles. The van der Waals surface area contributed by atoms with E-state index in [2.05, 4.69) is 39.9 Å². The Morgan fingerprint density at radius 3 is 2.06 bits per heavy atom. The van der Waals surface area contributed by atoms with Crippen LogP contribution in [-0.2, 0) is 4.79 Å². The highest BCUT2D eigenvalue weighted by Crippen LogP contribution is 2.36. The molecule has 3 heteroatoms. The molecular formula is C13H27NO2. The molecule has 16 heavy (non-hydrogen) atoms. The summed E-state index contributed by atoms with van der Waals surface area (Å²) in [4.78, 5) is 11.7. The summed E-state index contributed by atoms with van der Waals surface area (Å²) >= 11 is 0. The summed E-state index contributed by atoms with van der Waals surface area (Å²) in [6, 6.07) is 0. The first-order chi connectivity index (χ1) is 7.15. The van der Waals surface area contributed by atoms with Gasteiger partial charge in [0.1, 0.15) is 0 Å². The smallest absolute Gasteiger partial charge is 0.225 e. The van der Waals surface area contributed by atoms with Crippen LogP contribution < -0.4 is 5.32 Å². The Balaban J connectivity index is 4.30. The summed E-state index contributed by atoms with van der Waals surface area (Å²) in [6.07, 6.45) is 0.679. The monoisotopic (exact) mass is 229 g/mol. The highest BCUT2D eigenvalue weighted by molar-refractivity contribution is 5.78. The molecule has 0 spiro atoms. The quantitative estimate of drug-likeness (QED) is 0.759. The zero-order valence-electron chi connectivity index (χ0n) is 11.6. The SMILES string of the molecule is CCC(CO)C(=O)NCC(C)(C)C(C)(C)C. The summed E-state index contributed by atoms with van der Waals surface area (Å²) < 4.78 is 0. The maximum Gasteiger partial charge on any atom is 0.225 e. The van der Waals surface area contributed by atoms with E-state index in [9.17, 15) is 4.79 Å². The molecule has 0 rings (SSSR count). The average molecular weight is 229 g/mol. The van der Waals surface area contributed by atoms with E-state index in [1.165, 1.54) is 0 Å². The Morgan fingerprint density at radius 1 is 1.25 bits per heavy atom. The lowest BCUT2D eigenvalue weighted by Gasteiger charge is -2.39. The van der Waals surface area contributed by atoms with Gasteiger partial charge in [-0.25, -0.2) is 0 Å². The molecule has 0 aromatic heterocycles. The molecule has 2 N–H and O–H groups in total. The second-order valence-corrected chi connectivity index (χ2v) is 6.14. The predicted molar refractivity (Wildman–Crippen MR) is 67.1 cm³/mol. The highest BCUT2D eigenvalue weighted by Gasteiger charge is 2.33. The van der Waals surface area contributed by atoms with Gasteiger partial charge in [-0.3, -0.25) is 4.79 Å². The molecule has 1 amide bonds. The van der Waals surface area contributed by atoms with Gasteiger partial charge in [0.25, 0.3) is 0 Å². The number of aliphatic hydroxyl groups excluding tert-OH is 1. The Kier molecular flexibility index (Phi) is 5.47. The summed E-state index contributed by atoms with van der Waals surface area (Å²) in [7, 11) is 0. The molecule has 0 saturated heterocycles. The van der Waals surface area contributed by atoms with Gasteiger partial charge in [0.05, 0.1) is 12.5 Å². The van der Waals surface area contributed by atoms with Crippen LogP contribution in [0.5, 0.6) is 0 Å². The van der Waals surface area contributed by atoms with Gasteiger partial charge in [-0.1, -0.05) is 41.5 Å². The first-order valence-corrected chi connectivity index (χ1v) is 6.04. The van der Waals surface area contributed by atoms with E-state index in [1.54, 1.807) is 0 Å². The molecule has 0 aliphatic rings. The molecule has 96 valence electrons. The second-order valence-electron chi connectivity index (χ2n) is 6.14. The third-order valence-electron chi connectivity index (χ3n) is 3.82. The third-order valence-corrected chi connectivity index (χ3v) is 3.82. The maximum absolute atomic E-state index is 11.7. The number of carbonyl (C=O) groups excluding carboxylic acids is 1. The Hall–Kier alpha value is -0.570. The van der Waals surface area contributed by atoms with Crippen LogP contribution in [-0.4, -0.2) is 24.2 Å². The first kappa shape index (κ1) is 15.4. The zero-order chi connectivity index (χ0) is 13.0. The van der Waals surface area contributed by atoms with Crippen molar-refractivity contribution in [3.8, 4) is 0 Å². The van der Waals surface area contributed by atoms with Crippen molar-refractivity contribution in [2.24, 2.45) is 16.7 Å². The van der Waals surface area contributed by atoms with Gasteiger partial charge in [0.2, 0.25) is 5.91 Å². The van der Waals surface area contributed by atoms with Crippen molar-refractivity contribution in [3.05, 3.63) is 0 Å². The lowest BCUT2D eigenvalue weighted by Crippen LogP contribution is -2.44. The van der Waals surface area contributed by atoms with E-state index in [1.807, 2.05) is 6.92 Å². The third kappa shape index (κ3) is 4.12. The standard InChI is InChI=1S/C13H27NO2/c1-7-10(8-15)11(16)14-9-13(5,6)12(2,3)4/h10,15H,7-9H2,1-6H3,(H,14,16). The summed E-state index contributed by atoms with van der Waals surface area (Å²) in [6.45, 7) is 13.3. The molecule has 0 radical (unpaired) electrons. The average Bonchev–Trinajstić information content (AvgIpc) is 2.15. The lowest BCUT2D eigenvalue weighted by molar-refractivity contribution is -0.127. The number of hydrogen-bond donors (Lipinski definition) is 2. The van der Waals surface area contributed by atoms with Crippen molar-refractivity contribution in [1.82, 2.24) is 5.32 Å². The van der Waals surface area contributed by atoms with E-state index < -0.39 is 0 Å². The van der Waals surface area contributed by atoms with Crippen LogP contribution in [0.2, 0.25) is 0 Å². The number of hydrogen-bond acceptors (Lipinski definition) is 2. The van der Waals surface area contributed by atoms with Gasteiger partial charge in [0, 0.05) is 6.54 Å². The van der Waals surface area contributed by atoms with E-state index in [0.717, 1.165) is 0 Å². The molecule has 1 atom stereocenters. The summed E-state index contributed by atoms with van der Waals surface area (Å²) in [5, 5.41) is 12.0. The van der Waals surface area contributed by atoms with Crippen molar-refractivity contribution in [2.75, 3.05) is 13.2 Å². The number of rotatable bonds is 5. The van der Waals surface area contributed by atoms with Crippen LogP contribution in [0, 0.1) is 16.7 Å². The molecule has 3 nitrogen and oxygen atoms in total. The normalized spacial score (nSPS) is 14.7. The van der Waals surface area contributed by atoms with Crippen LogP contribution >= 0.6 is 0 Å². The Bertz CT molecular complexity index is 225. The number of nitrogens with one attached hydrogen (secondary N) is 1. The van der Waals surface area contributed by atoms with Gasteiger partial charge in [-0.15, -0.1) is 0 Å². The van der Waals surface area contributed by atoms with Gasteiger partial charge < -0.3 is 10.4 Å². The molecule has 0 heterocycles. The van der Waals surface area contributed by atoms with Crippen LogP contribution in [0.4, 0.5) is 0 Å². The molecule has 0 fully saturated rings. The molecule has 0 saturated carbocycles. The summed E-state index contributed by atoms with van der Waals surface area (Å²) in [5.74, 6) is -0.307. The van der Waals surface area contributed by atoms with E-state index >= 15 is 0 Å². The van der Waals surface area contributed by atoms with E-state index in [-0.39, 0.29) is 29.3 Å². The fourth-order valence-corrected chi connectivity index (χ4v) is 1.11. The van der Waals surface area contributed by atoms with Crippen LogP contribution in [0.3, 0.4) is 0 Å². The van der Waals surface area contributed by atoms with Crippen molar-refractivity contribution < 1.29 is 9.90 Å². The van der Waals surface area contributed by atoms with Gasteiger partial charge >= 0.3 is 0 Å². The maximum atomic E-state index is 11.7. The minimum absolute atomic E-state index is 0.0381. The number of amides is 1. The zero-order valence-corrected chi connectivity index (χ0v) is 11.6. The number of carbonyl (C=O) groups is 1. The molecule has 0 aromatic carbocycles. The molecule has 0 aromatic rings. The first-order valence-electron chi connectivity index (χ1n) is 6.04. The fourth-order valence-electron chi connectivity index (χ4n) is 1.11. The van der Waals surface area contributed by atoms with E-state index in [4.69, 9.17) is 5.11 Å². The van der Waals surface area contributed by atoms with Gasteiger partial charge in [-0.2, -0.15) is 0 Å². The van der Waals surface area contributed by atoms with Crippen LogP contribution in [0.1, 0.15) is 48.0 Å². The molecular weight excluding hydrogens is 202 g/mol. The summed E-state index contributed by atoms with van der Waals surface area (Å²) in [5.41, 5.74) is 0.178. The van der Waals surface area contributed by atoms with Crippen LogP contribution in [0.15, 0.2) is 0 Å². The van der Waals surface area contributed by atoms with Crippen molar-refractivity contribution >= 4 is 5.91 Å². The molecule has 0 aliphatic carbocycles. The van der Waals surface area contributed by atoms with Crippen LogP contribution in [0.25, 0.3) is 0 Å². The van der Waals surface area contributed by atoms with E-state index in [0.29, 0.717) is 13.0 Å². The Labute approximate surface area is 99.6 Å². The van der Waals surface area contributed by atoms with Gasteiger partial charge in [0.15, 0.2) is 0 Å². The van der Waals surface area contributed by atoms with Gasteiger partial charge in [-0.05, 0) is 17.3 Å². The van der Waals surface area contributed by atoms with Crippen molar-refractivity contribution in [2.45, 2.75) is 48.0 Å². The second kappa shape index (κ2) is 5.67. The Morgan fingerprint density at radius 2 is 1.75 bits per heavy atom. The lowest BCUT2D eigenvalue weighted by atomic mass is 9.69. The highest BCUT2D eigenvalue weighted by atomic mass is 16.3.